The van der Waals surface area contributed by atoms with Gasteiger partial charge < -0.3 is 10.2 Å². The molecule has 3 aromatic rings. The van der Waals surface area contributed by atoms with Crippen LogP contribution in [0, 0.1) is 6.92 Å². The van der Waals surface area contributed by atoms with E-state index in [0.29, 0.717) is 12.0 Å². The first-order valence-electron chi connectivity index (χ1n) is 8.54. The number of aryl methyl sites for hydroxylation is 2. The summed E-state index contributed by atoms with van der Waals surface area (Å²) in [4.78, 5) is 2.36. The predicted molar refractivity (Wildman–Crippen MR) is 96.0 cm³/mol. The van der Waals surface area contributed by atoms with Crippen molar-refractivity contribution in [3.63, 3.8) is 0 Å². The van der Waals surface area contributed by atoms with E-state index in [2.05, 4.69) is 56.1 Å². The van der Waals surface area contributed by atoms with Crippen LogP contribution < -0.4 is 10.2 Å². The molecule has 1 aromatic carbocycles. The van der Waals surface area contributed by atoms with Crippen molar-refractivity contribution in [1.29, 1.82) is 0 Å². The van der Waals surface area contributed by atoms with Crippen LogP contribution in [-0.4, -0.2) is 49.1 Å². The molecule has 0 aliphatic carbocycles. The fourth-order valence-corrected chi connectivity index (χ4v) is 3.22. The third-order valence-electron chi connectivity index (χ3n) is 4.56. The van der Waals surface area contributed by atoms with Crippen molar-refractivity contribution in [2.24, 2.45) is 7.05 Å². The van der Waals surface area contributed by atoms with E-state index in [1.807, 2.05) is 30.1 Å². The monoisotopic (exact) mass is 338 g/mol. The summed E-state index contributed by atoms with van der Waals surface area (Å²) >= 11 is 0. The molecule has 130 valence electrons. The van der Waals surface area contributed by atoms with Gasteiger partial charge in [0.15, 0.2) is 0 Å². The smallest absolute Gasteiger partial charge is 0.248 e. The van der Waals surface area contributed by atoms with Gasteiger partial charge in [0.1, 0.15) is 0 Å². The topological polar surface area (TPSA) is 76.7 Å². The van der Waals surface area contributed by atoms with Crippen LogP contribution in [0.2, 0.25) is 0 Å². The van der Waals surface area contributed by atoms with Crippen molar-refractivity contribution in [3.05, 3.63) is 42.2 Å². The Hall–Kier alpha value is -2.90. The van der Waals surface area contributed by atoms with Gasteiger partial charge in [0.25, 0.3) is 0 Å². The minimum absolute atomic E-state index is 0.296. The van der Waals surface area contributed by atoms with Gasteiger partial charge >= 0.3 is 0 Å². The Labute approximate surface area is 146 Å². The molecule has 0 bridgehead atoms. The summed E-state index contributed by atoms with van der Waals surface area (Å²) in [5, 5.41) is 19.9. The second-order valence-corrected chi connectivity index (χ2v) is 6.55. The van der Waals surface area contributed by atoms with Crippen molar-refractivity contribution in [2.75, 3.05) is 23.3 Å². The van der Waals surface area contributed by atoms with Gasteiger partial charge in [0, 0.05) is 32.4 Å². The fourth-order valence-electron chi connectivity index (χ4n) is 3.22. The largest absolute Gasteiger partial charge is 0.367 e. The molecule has 1 saturated heterocycles. The van der Waals surface area contributed by atoms with Gasteiger partial charge in [0.2, 0.25) is 5.95 Å². The van der Waals surface area contributed by atoms with E-state index in [-0.39, 0.29) is 0 Å². The summed E-state index contributed by atoms with van der Waals surface area (Å²) in [6, 6.07) is 8.47. The first kappa shape index (κ1) is 15.6. The first-order chi connectivity index (χ1) is 12.2. The number of piperidine rings is 1. The normalized spacial score (nSPS) is 17.7. The van der Waals surface area contributed by atoms with E-state index in [0.717, 1.165) is 37.3 Å². The lowest BCUT2D eigenvalue weighted by Gasteiger charge is -2.33. The standard InChI is InChI=1S/C17H22N8/c1-13-5-7-15(8-6-13)25-17(20-21-22-25)19-14-4-3-9-24(11-14)16-10-18-23(2)12-16/h5-8,10,12,14H,3-4,9,11H2,1-2H3,(H,19,20,22). The molecule has 0 spiro atoms. The summed E-state index contributed by atoms with van der Waals surface area (Å²) in [5.41, 5.74) is 3.33. The second kappa shape index (κ2) is 6.54. The molecular formula is C17H22N8. The van der Waals surface area contributed by atoms with Crippen LogP contribution in [0.15, 0.2) is 36.7 Å². The van der Waals surface area contributed by atoms with Gasteiger partial charge in [-0.1, -0.05) is 22.8 Å². The summed E-state index contributed by atoms with van der Waals surface area (Å²) in [5.74, 6) is 0.682. The molecule has 8 heteroatoms. The molecule has 4 rings (SSSR count). The first-order valence-corrected chi connectivity index (χ1v) is 8.54. The van der Waals surface area contributed by atoms with E-state index >= 15 is 0 Å². The number of anilines is 2. The lowest BCUT2D eigenvalue weighted by atomic mass is 10.1. The van der Waals surface area contributed by atoms with Gasteiger partial charge in [-0.05, 0) is 42.3 Å². The Balaban J connectivity index is 1.49. The van der Waals surface area contributed by atoms with E-state index in [9.17, 15) is 0 Å². The highest BCUT2D eigenvalue weighted by Crippen LogP contribution is 2.21. The number of nitrogens with zero attached hydrogens (tertiary/aromatic N) is 7. The Morgan fingerprint density at radius 1 is 1.16 bits per heavy atom. The molecule has 1 unspecified atom stereocenters. The zero-order valence-electron chi connectivity index (χ0n) is 14.5. The second-order valence-electron chi connectivity index (χ2n) is 6.55. The van der Waals surface area contributed by atoms with Crippen LogP contribution in [0.25, 0.3) is 5.69 Å². The van der Waals surface area contributed by atoms with Crippen LogP contribution in [0.5, 0.6) is 0 Å². The number of benzene rings is 1. The number of rotatable bonds is 4. The van der Waals surface area contributed by atoms with Gasteiger partial charge in [-0.3, -0.25) is 4.68 Å². The molecule has 1 fully saturated rings. The molecule has 2 aromatic heterocycles. The van der Waals surface area contributed by atoms with E-state index < -0.39 is 0 Å². The molecule has 1 aliphatic rings. The predicted octanol–water partition coefficient (Wildman–Crippen LogP) is 1.79. The van der Waals surface area contributed by atoms with E-state index in [1.165, 1.54) is 5.56 Å². The molecule has 8 nitrogen and oxygen atoms in total. The van der Waals surface area contributed by atoms with Gasteiger partial charge in [-0.2, -0.15) is 9.78 Å². The Kier molecular flexibility index (Phi) is 4.09. The molecule has 0 radical (unpaired) electrons. The maximum absolute atomic E-state index is 4.27. The number of tetrazole rings is 1. The maximum atomic E-state index is 4.27. The SMILES string of the molecule is Cc1ccc(-n2nnnc2NC2CCCN(c3cnn(C)c3)C2)cc1. The lowest BCUT2D eigenvalue weighted by molar-refractivity contribution is 0.526. The summed E-state index contributed by atoms with van der Waals surface area (Å²) < 4.78 is 3.59. The minimum atomic E-state index is 0.296. The van der Waals surface area contributed by atoms with Crippen LogP contribution in [-0.2, 0) is 7.05 Å². The van der Waals surface area contributed by atoms with Gasteiger partial charge in [-0.15, -0.1) is 0 Å². The number of hydrogen-bond acceptors (Lipinski definition) is 6. The Morgan fingerprint density at radius 3 is 2.76 bits per heavy atom. The van der Waals surface area contributed by atoms with Crippen LogP contribution in [0.4, 0.5) is 11.6 Å². The van der Waals surface area contributed by atoms with Crippen molar-refractivity contribution in [2.45, 2.75) is 25.8 Å². The summed E-state index contributed by atoms with van der Waals surface area (Å²) in [6.45, 7) is 4.02. The number of hydrogen-bond donors (Lipinski definition) is 1. The lowest BCUT2D eigenvalue weighted by Crippen LogP contribution is -2.42. The Bertz CT molecular complexity index is 834. The van der Waals surface area contributed by atoms with Crippen LogP contribution in [0.1, 0.15) is 18.4 Å². The molecule has 1 aliphatic heterocycles. The minimum Gasteiger partial charge on any atom is -0.367 e. The van der Waals surface area contributed by atoms with Gasteiger partial charge in [-0.25, -0.2) is 0 Å². The molecule has 25 heavy (non-hydrogen) atoms. The van der Waals surface area contributed by atoms with Crippen molar-refractivity contribution < 1.29 is 0 Å². The van der Waals surface area contributed by atoms with Gasteiger partial charge in [0.05, 0.1) is 17.6 Å². The summed E-state index contributed by atoms with van der Waals surface area (Å²) in [7, 11) is 1.94. The zero-order chi connectivity index (χ0) is 17.2. The average molecular weight is 338 g/mol. The molecule has 0 saturated carbocycles. The highest BCUT2D eigenvalue weighted by Gasteiger charge is 2.22. The quantitative estimate of drug-likeness (QED) is 0.781. The Morgan fingerprint density at radius 2 is 2.00 bits per heavy atom. The van der Waals surface area contributed by atoms with Crippen LogP contribution in [0.3, 0.4) is 0 Å². The molecule has 1 atom stereocenters. The number of nitrogens with one attached hydrogen (secondary N) is 1. The molecule has 3 heterocycles. The van der Waals surface area contributed by atoms with Crippen molar-refractivity contribution in [1.82, 2.24) is 30.0 Å². The maximum Gasteiger partial charge on any atom is 0.248 e. The molecular weight excluding hydrogens is 316 g/mol. The van der Waals surface area contributed by atoms with E-state index in [1.54, 1.807) is 4.68 Å². The molecule has 1 N–H and O–H groups in total. The highest BCUT2D eigenvalue weighted by atomic mass is 15.6. The zero-order valence-corrected chi connectivity index (χ0v) is 14.5. The highest BCUT2D eigenvalue weighted by molar-refractivity contribution is 5.45. The fraction of sp³-hybridized carbons (Fsp3) is 0.412. The summed E-state index contributed by atoms with van der Waals surface area (Å²) in [6.07, 6.45) is 6.19. The third-order valence-corrected chi connectivity index (χ3v) is 4.56. The van der Waals surface area contributed by atoms with E-state index in [4.69, 9.17) is 0 Å². The third kappa shape index (κ3) is 3.33. The average Bonchev–Trinajstić information content (AvgIpc) is 3.25. The number of aromatic nitrogens is 6. The van der Waals surface area contributed by atoms with Crippen molar-refractivity contribution >= 4 is 11.6 Å². The molecule has 0 amide bonds. The van der Waals surface area contributed by atoms with Crippen LogP contribution >= 0.6 is 0 Å². The van der Waals surface area contributed by atoms with Crippen molar-refractivity contribution in [3.8, 4) is 5.69 Å².